The van der Waals surface area contributed by atoms with Crippen LogP contribution >= 0.6 is 15.9 Å². The molecule has 2 nitrogen and oxygen atoms in total. The summed E-state index contributed by atoms with van der Waals surface area (Å²) in [6.07, 6.45) is 4.99. The molecule has 0 fully saturated rings. The Hall–Kier alpha value is -1.19. The monoisotopic (exact) mass is 332 g/mol. The normalized spacial score (nSPS) is 12.3. The highest BCUT2D eigenvalue weighted by Gasteiger charge is 2.12. The van der Waals surface area contributed by atoms with Crippen molar-refractivity contribution in [1.29, 1.82) is 0 Å². The maximum atomic E-state index is 4.44. The quantitative estimate of drug-likeness (QED) is 0.828. The summed E-state index contributed by atoms with van der Waals surface area (Å²) in [5.41, 5.74) is 2.49. The van der Waals surface area contributed by atoms with Crippen molar-refractivity contribution in [3.8, 4) is 0 Å². The molecule has 0 spiro atoms. The van der Waals surface area contributed by atoms with Gasteiger partial charge in [-0.1, -0.05) is 47.1 Å². The van der Waals surface area contributed by atoms with E-state index in [0.29, 0.717) is 6.04 Å². The van der Waals surface area contributed by atoms with E-state index in [2.05, 4.69) is 69.6 Å². The van der Waals surface area contributed by atoms with Crippen LogP contribution in [0.4, 0.5) is 0 Å². The van der Waals surface area contributed by atoms with E-state index in [0.717, 1.165) is 31.5 Å². The highest BCUT2D eigenvalue weighted by molar-refractivity contribution is 9.10. The third-order valence-corrected chi connectivity index (χ3v) is 4.06. The fourth-order valence-electron chi connectivity index (χ4n) is 2.27. The SMILES string of the molecule is CCCNC(Cc1ccccn1)Cc1ccccc1Br. The second-order valence-corrected chi connectivity index (χ2v) is 5.83. The number of rotatable bonds is 7. The van der Waals surface area contributed by atoms with Crippen molar-refractivity contribution < 1.29 is 0 Å². The first-order valence-electron chi connectivity index (χ1n) is 7.16. The second-order valence-electron chi connectivity index (χ2n) is 4.97. The minimum absolute atomic E-state index is 0.420. The molecule has 0 saturated carbocycles. The Labute approximate surface area is 129 Å². The highest BCUT2D eigenvalue weighted by Crippen LogP contribution is 2.18. The Morgan fingerprint density at radius 1 is 1.10 bits per heavy atom. The average Bonchev–Trinajstić information content (AvgIpc) is 2.48. The number of benzene rings is 1. The molecule has 1 N–H and O–H groups in total. The van der Waals surface area contributed by atoms with Crippen LogP contribution in [0.5, 0.6) is 0 Å². The minimum atomic E-state index is 0.420. The summed E-state index contributed by atoms with van der Waals surface area (Å²) in [6.45, 7) is 3.24. The van der Waals surface area contributed by atoms with Crippen molar-refractivity contribution in [3.63, 3.8) is 0 Å². The molecule has 0 radical (unpaired) electrons. The van der Waals surface area contributed by atoms with Gasteiger partial charge in [-0.05, 0) is 43.1 Å². The van der Waals surface area contributed by atoms with Gasteiger partial charge in [0, 0.05) is 28.8 Å². The van der Waals surface area contributed by atoms with Gasteiger partial charge in [-0.2, -0.15) is 0 Å². The zero-order valence-electron chi connectivity index (χ0n) is 11.8. The fourth-order valence-corrected chi connectivity index (χ4v) is 2.71. The number of halogens is 1. The smallest absolute Gasteiger partial charge is 0.0419 e. The van der Waals surface area contributed by atoms with Crippen molar-refractivity contribution in [1.82, 2.24) is 10.3 Å². The first kappa shape index (κ1) is 15.2. The molecule has 2 aromatic rings. The number of hydrogen-bond donors (Lipinski definition) is 1. The van der Waals surface area contributed by atoms with E-state index in [4.69, 9.17) is 0 Å². The van der Waals surface area contributed by atoms with Crippen molar-refractivity contribution in [2.75, 3.05) is 6.54 Å². The number of hydrogen-bond acceptors (Lipinski definition) is 2. The maximum Gasteiger partial charge on any atom is 0.0419 e. The van der Waals surface area contributed by atoms with E-state index >= 15 is 0 Å². The Balaban J connectivity index is 2.05. The fraction of sp³-hybridized carbons (Fsp3) is 0.353. The predicted octanol–water partition coefficient (Wildman–Crippen LogP) is 4.00. The first-order valence-corrected chi connectivity index (χ1v) is 7.95. The topological polar surface area (TPSA) is 24.9 Å². The Kier molecular flexibility index (Phi) is 6.22. The average molecular weight is 333 g/mol. The number of nitrogens with zero attached hydrogens (tertiary/aromatic N) is 1. The van der Waals surface area contributed by atoms with Crippen LogP contribution in [-0.4, -0.2) is 17.6 Å². The van der Waals surface area contributed by atoms with Crippen LogP contribution < -0.4 is 5.32 Å². The number of pyridine rings is 1. The molecule has 1 atom stereocenters. The van der Waals surface area contributed by atoms with Crippen LogP contribution in [-0.2, 0) is 12.8 Å². The van der Waals surface area contributed by atoms with Gasteiger partial charge < -0.3 is 5.32 Å². The predicted molar refractivity (Wildman–Crippen MR) is 87.9 cm³/mol. The summed E-state index contributed by atoms with van der Waals surface area (Å²) in [6, 6.07) is 15.0. The molecule has 0 aliphatic carbocycles. The standard InChI is InChI=1S/C17H21BrN2/c1-2-10-19-16(13-15-8-5-6-11-20-15)12-14-7-3-4-9-17(14)18/h3-9,11,16,19H,2,10,12-13H2,1H3. The summed E-state index contributed by atoms with van der Waals surface area (Å²) >= 11 is 3.63. The number of nitrogens with one attached hydrogen (secondary N) is 1. The molecule has 20 heavy (non-hydrogen) atoms. The molecule has 1 heterocycles. The summed E-state index contributed by atoms with van der Waals surface area (Å²) in [7, 11) is 0. The third-order valence-electron chi connectivity index (χ3n) is 3.29. The van der Waals surface area contributed by atoms with Gasteiger partial charge in [0.2, 0.25) is 0 Å². The molecule has 106 valence electrons. The van der Waals surface area contributed by atoms with E-state index in [1.165, 1.54) is 10.0 Å². The van der Waals surface area contributed by atoms with Crippen molar-refractivity contribution in [2.24, 2.45) is 0 Å². The molecule has 2 rings (SSSR count). The van der Waals surface area contributed by atoms with E-state index in [1.807, 2.05) is 12.3 Å². The van der Waals surface area contributed by atoms with E-state index in [-0.39, 0.29) is 0 Å². The van der Waals surface area contributed by atoms with Gasteiger partial charge in [0.1, 0.15) is 0 Å². The second kappa shape index (κ2) is 8.18. The van der Waals surface area contributed by atoms with Crippen molar-refractivity contribution in [3.05, 3.63) is 64.4 Å². The molecular formula is C17H21BrN2. The molecule has 0 saturated heterocycles. The van der Waals surface area contributed by atoms with Gasteiger partial charge in [-0.15, -0.1) is 0 Å². The minimum Gasteiger partial charge on any atom is -0.313 e. The maximum absolute atomic E-state index is 4.44. The molecule has 0 amide bonds. The largest absolute Gasteiger partial charge is 0.313 e. The summed E-state index contributed by atoms with van der Waals surface area (Å²) in [5, 5.41) is 3.63. The molecule has 1 unspecified atom stereocenters. The van der Waals surface area contributed by atoms with Crippen LogP contribution in [0.2, 0.25) is 0 Å². The van der Waals surface area contributed by atoms with E-state index in [1.54, 1.807) is 0 Å². The number of aromatic nitrogens is 1. The lowest BCUT2D eigenvalue weighted by Gasteiger charge is -2.19. The van der Waals surface area contributed by atoms with E-state index in [9.17, 15) is 0 Å². The van der Waals surface area contributed by atoms with Crippen LogP contribution in [0.3, 0.4) is 0 Å². The molecule has 1 aromatic carbocycles. The molecule has 0 aliphatic heterocycles. The Morgan fingerprint density at radius 3 is 2.60 bits per heavy atom. The van der Waals surface area contributed by atoms with Gasteiger partial charge in [0.15, 0.2) is 0 Å². The van der Waals surface area contributed by atoms with Gasteiger partial charge in [0.25, 0.3) is 0 Å². The highest BCUT2D eigenvalue weighted by atomic mass is 79.9. The molecule has 0 bridgehead atoms. The van der Waals surface area contributed by atoms with Crippen molar-refractivity contribution in [2.45, 2.75) is 32.2 Å². The van der Waals surface area contributed by atoms with Gasteiger partial charge in [0.05, 0.1) is 0 Å². The zero-order valence-corrected chi connectivity index (χ0v) is 13.4. The van der Waals surface area contributed by atoms with E-state index < -0.39 is 0 Å². The van der Waals surface area contributed by atoms with Crippen LogP contribution in [0.1, 0.15) is 24.6 Å². The van der Waals surface area contributed by atoms with Gasteiger partial charge in [-0.3, -0.25) is 4.98 Å². The first-order chi connectivity index (χ1) is 9.79. The third kappa shape index (κ3) is 4.73. The lowest BCUT2D eigenvalue weighted by atomic mass is 10.0. The zero-order chi connectivity index (χ0) is 14.2. The molecule has 1 aromatic heterocycles. The molecule has 0 aliphatic rings. The summed E-state index contributed by atoms with van der Waals surface area (Å²) in [5.74, 6) is 0. The molecular weight excluding hydrogens is 312 g/mol. The van der Waals surface area contributed by atoms with Crippen LogP contribution in [0.25, 0.3) is 0 Å². The molecule has 3 heteroatoms. The lowest BCUT2D eigenvalue weighted by molar-refractivity contribution is 0.500. The lowest BCUT2D eigenvalue weighted by Crippen LogP contribution is -2.34. The van der Waals surface area contributed by atoms with Crippen LogP contribution in [0, 0.1) is 0 Å². The van der Waals surface area contributed by atoms with Gasteiger partial charge >= 0.3 is 0 Å². The Morgan fingerprint density at radius 2 is 1.90 bits per heavy atom. The summed E-state index contributed by atoms with van der Waals surface area (Å²) in [4.78, 5) is 4.44. The summed E-state index contributed by atoms with van der Waals surface area (Å²) < 4.78 is 1.18. The van der Waals surface area contributed by atoms with Crippen LogP contribution in [0.15, 0.2) is 53.1 Å². The van der Waals surface area contributed by atoms with Crippen molar-refractivity contribution >= 4 is 15.9 Å². The van der Waals surface area contributed by atoms with Gasteiger partial charge in [-0.25, -0.2) is 0 Å². The Bertz CT molecular complexity index is 513.